The van der Waals surface area contributed by atoms with Gasteiger partial charge in [-0.3, -0.25) is 4.79 Å². The van der Waals surface area contributed by atoms with Crippen molar-refractivity contribution in [2.45, 2.75) is 31.6 Å². The monoisotopic (exact) mass is 340 g/mol. The van der Waals surface area contributed by atoms with E-state index in [-0.39, 0.29) is 11.5 Å². The molecule has 0 radical (unpaired) electrons. The molecule has 6 heteroatoms. The quantitative estimate of drug-likeness (QED) is 0.847. The van der Waals surface area contributed by atoms with Crippen LogP contribution in [0.15, 0.2) is 46.1 Å². The molecule has 0 aromatic heterocycles. The molecule has 2 aliphatic heterocycles. The van der Waals surface area contributed by atoms with Crippen LogP contribution in [0.3, 0.4) is 0 Å². The molecule has 1 unspecified atom stereocenters. The van der Waals surface area contributed by atoms with Gasteiger partial charge in [-0.05, 0) is 30.5 Å². The van der Waals surface area contributed by atoms with Crippen LogP contribution in [0.4, 0.5) is 0 Å². The van der Waals surface area contributed by atoms with E-state index in [4.69, 9.17) is 5.26 Å². The lowest BCUT2D eigenvalue weighted by molar-refractivity contribution is -0.116. The number of nitrogens with one attached hydrogen (secondary N) is 1. The maximum absolute atomic E-state index is 12.6. The number of nitriles is 1. The first kappa shape index (κ1) is 15.2. The Labute approximate surface area is 140 Å². The molecule has 0 spiro atoms. The molecule has 24 heavy (non-hydrogen) atoms. The van der Waals surface area contributed by atoms with Crippen LogP contribution < -0.4 is 5.32 Å². The van der Waals surface area contributed by atoms with Gasteiger partial charge >= 0.3 is 0 Å². The van der Waals surface area contributed by atoms with Gasteiger partial charge in [-0.25, -0.2) is 8.42 Å². The second kappa shape index (κ2) is 5.32. The predicted octanol–water partition coefficient (Wildman–Crippen LogP) is 2.28. The molecule has 3 aliphatic rings. The minimum absolute atomic E-state index is 0.00441. The smallest absolute Gasteiger partial charge is 0.177 e. The number of hydrogen-bond donors (Lipinski definition) is 1. The summed E-state index contributed by atoms with van der Waals surface area (Å²) in [6, 6.07) is 9.01. The second-order valence-electron chi connectivity index (χ2n) is 6.38. The number of allylic oxidation sites excluding steroid dienone is 4. The number of carbonyl (C=O) groups is 1. The third kappa shape index (κ3) is 2.20. The zero-order valence-corrected chi connectivity index (χ0v) is 13.8. The summed E-state index contributed by atoms with van der Waals surface area (Å²) in [6.07, 6.45) is 2.44. The van der Waals surface area contributed by atoms with Crippen molar-refractivity contribution in [2.24, 2.45) is 0 Å². The molecule has 122 valence electrons. The van der Waals surface area contributed by atoms with E-state index in [9.17, 15) is 13.2 Å². The number of Topliss-reactive ketones (excluding diaryl/α,β-unsaturated/α-hetero) is 1. The van der Waals surface area contributed by atoms with Crippen LogP contribution in [0.1, 0.15) is 42.7 Å². The lowest BCUT2D eigenvalue weighted by Crippen LogP contribution is -2.32. The fraction of sp³-hybridized carbons (Fsp3) is 0.333. The van der Waals surface area contributed by atoms with Crippen molar-refractivity contribution in [3.05, 3.63) is 57.3 Å². The molecule has 0 saturated carbocycles. The van der Waals surface area contributed by atoms with Gasteiger partial charge in [0, 0.05) is 29.8 Å². The lowest BCUT2D eigenvalue weighted by atomic mass is 9.79. The van der Waals surface area contributed by atoms with Crippen molar-refractivity contribution < 1.29 is 13.2 Å². The van der Waals surface area contributed by atoms with Crippen LogP contribution in [0.2, 0.25) is 0 Å². The summed E-state index contributed by atoms with van der Waals surface area (Å²) in [5, 5.41) is 12.4. The topological polar surface area (TPSA) is 87.0 Å². The van der Waals surface area contributed by atoms with Gasteiger partial charge in [0.05, 0.1) is 28.2 Å². The second-order valence-corrected chi connectivity index (χ2v) is 8.45. The minimum atomic E-state index is -3.39. The third-order valence-corrected chi connectivity index (χ3v) is 6.80. The molecule has 1 aliphatic carbocycles. The van der Waals surface area contributed by atoms with Crippen molar-refractivity contribution in [3.8, 4) is 6.07 Å². The lowest BCUT2D eigenvalue weighted by Gasteiger charge is -2.33. The van der Waals surface area contributed by atoms with Crippen LogP contribution in [0, 0.1) is 11.3 Å². The molecule has 2 heterocycles. The van der Waals surface area contributed by atoms with Crippen LogP contribution in [0.25, 0.3) is 0 Å². The number of ketones is 1. The van der Waals surface area contributed by atoms with Gasteiger partial charge in [-0.15, -0.1) is 0 Å². The Hall–Kier alpha value is -2.39. The molecule has 1 N–H and O–H groups in total. The van der Waals surface area contributed by atoms with E-state index in [1.807, 2.05) is 6.07 Å². The molecule has 1 atom stereocenters. The SMILES string of the molecule is N#Cc1cccc(C2C3=C(CCCC3=O)NC3=C2S(=O)(=O)CC3)c1. The van der Waals surface area contributed by atoms with Gasteiger partial charge in [-0.1, -0.05) is 12.1 Å². The molecule has 0 bridgehead atoms. The van der Waals surface area contributed by atoms with Crippen molar-refractivity contribution in [2.75, 3.05) is 5.75 Å². The van der Waals surface area contributed by atoms with Crippen LogP contribution in [-0.2, 0) is 14.6 Å². The summed E-state index contributed by atoms with van der Waals surface area (Å²) < 4.78 is 25.2. The minimum Gasteiger partial charge on any atom is -0.361 e. The highest BCUT2D eigenvalue weighted by Gasteiger charge is 2.44. The highest BCUT2D eigenvalue weighted by Crippen LogP contribution is 2.47. The third-order valence-electron chi connectivity index (χ3n) is 4.91. The molecule has 4 rings (SSSR count). The van der Waals surface area contributed by atoms with E-state index in [2.05, 4.69) is 11.4 Å². The zero-order chi connectivity index (χ0) is 16.9. The Morgan fingerprint density at radius 1 is 1.17 bits per heavy atom. The van der Waals surface area contributed by atoms with E-state index in [1.54, 1.807) is 18.2 Å². The van der Waals surface area contributed by atoms with Gasteiger partial charge < -0.3 is 5.32 Å². The van der Waals surface area contributed by atoms with Crippen LogP contribution >= 0.6 is 0 Å². The Balaban J connectivity index is 1.96. The summed E-state index contributed by atoms with van der Waals surface area (Å²) >= 11 is 0. The molecule has 1 aromatic rings. The van der Waals surface area contributed by atoms with Crippen LogP contribution in [0.5, 0.6) is 0 Å². The van der Waals surface area contributed by atoms with Crippen molar-refractivity contribution >= 4 is 15.6 Å². The first-order valence-corrected chi connectivity index (χ1v) is 9.65. The largest absolute Gasteiger partial charge is 0.361 e. The van der Waals surface area contributed by atoms with E-state index in [0.717, 1.165) is 24.2 Å². The number of nitrogens with zero attached hydrogens (tertiary/aromatic N) is 1. The summed E-state index contributed by atoms with van der Waals surface area (Å²) in [7, 11) is -3.39. The number of sulfone groups is 1. The molecule has 1 aromatic carbocycles. The first-order valence-electron chi connectivity index (χ1n) is 8.00. The normalized spacial score (nSPS) is 25.0. The number of hydrogen-bond acceptors (Lipinski definition) is 5. The van der Waals surface area contributed by atoms with Crippen molar-refractivity contribution in [1.82, 2.24) is 5.32 Å². The maximum Gasteiger partial charge on any atom is 0.177 e. The van der Waals surface area contributed by atoms with E-state index in [0.29, 0.717) is 34.4 Å². The van der Waals surface area contributed by atoms with Crippen molar-refractivity contribution in [3.63, 3.8) is 0 Å². The molecule has 0 saturated heterocycles. The van der Waals surface area contributed by atoms with E-state index in [1.165, 1.54) is 0 Å². The van der Waals surface area contributed by atoms with E-state index >= 15 is 0 Å². The number of carbonyl (C=O) groups excluding carboxylic acids is 1. The summed E-state index contributed by atoms with van der Waals surface area (Å²) in [5.74, 6) is -0.497. The predicted molar refractivity (Wildman–Crippen MR) is 88.3 cm³/mol. The van der Waals surface area contributed by atoms with Gasteiger partial charge in [-0.2, -0.15) is 5.26 Å². The van der Waals surface area contributed by atoms with Gasteiger partial charge in [0.25, 0.3) is 0 Å². The van der Waals surface area contributed by atoms with Gasteiger partial charge in [0.15, 0.2) is 15.6 Å². The Morgan fingerprint density at radius 2 is 2.00 bits per heavy atom. The summed E-state index contributed by atoms with van der Waals surface area (Å²) in [6.45, 7) is 0. The molecule has 0 fully saturated rings. The van der Waals surface area contributed by atoms with Gasteiger partial charge in [0.2, 0.25) is 0 Å². The van der Waals surface area contributed by atoms with Gasteiger partial charge in [0.1, 0.15) is 0 Å². The summed E-state index contributed by atoms with van der Waals surface area (Å²) in [4.78, 5) is 12.9. The van der Waals surface area contributed by atoms with E-state index < -0.39 is 15.8 Å². The highest BCUT2D eigenvalue weighted by molar-refractivity contribution is 7.95. The number of rotatable bonds is 1. The molecule has 0 amide bonds. The van der Waals surface area contributed by atoms with Crippen molar-refractivity contribution in [1.29, 1.82) is 5.26 Å². The fourth-order valence-corrected chi connectivity index (χ4v) is 5.72. The average Bonchev–Trinajstić information content (AvgIpc) is 2.88. The Kier molecular flexibility index (Phi) is 3.36. The molecular weight excluding hydrogens is 324 g/mol. The van der Waals surface area contributed by atoms with Crippen LogP contribution in [-0.4, -0.2) is 20.0 Å². The summed E-state index contributed by atoms with van der Waals surface area (Å²) in [5.41, 5.74) is 3.32. The molecule has 5 nitrogen and oxygen atoms in total. The first-order chi connectivity index (χ1) is 11.5. The zero-order valence-electron chi connectivity index (χ0n) is 13.0. The maximum atomic E-state index is 12.6. The standard InChI is InChI=1S/C18H16N2O3S/c19-10-11-3-1-4-12(9-11)16-17-13(5-2-6-15(17)21)20-14-7-8-24(22,23)18(14)16/h1,3-4,9,16,20H,2,5-8H2. The average molecular weight is 340 g/mol. The number of benzene rings is 1. The number of dihydropyridines is 1. The Morgan fingerprint density at radius 3 is 2.79 bits per heavy atom. The Bertz CT molecular complexity index is 964. The molecular formula is C18H16N2O3S. The fourth-order valence-electron chi connectivity index (χ4n) is 3.88. The highest BCUT2D eigenvalue weighted by atomic mass is 32.2.